The molecule has 1 saturated heterocycles. The van der Waals surface area contributed by atoms with Crippen LogP contribution in [0, 0.1) is 0 Å². The third-order valence-corrected chi connectivity index (χ3v) is 5.13. The number of H-pyrrole nitrogens is 1. The van der Waals surface area contributed by atoms with Crippen molar-refractivity contribution in [2.24, 2.45) is 0 Å². The normalized spacial score (nSPS) is 16.1. The molecule has 4 rings (SSSR count). The van der Waals surface area contributed by atoms with Crippen LogP contribution in [0.15, 0.2) is 39.9 Å². The van der Waals surface area contributed by atoms with E-state index in [2.05, 4.69) is 30.6 Å². The van der Waals surface area contributed by atoms with E-state index >= 15 is 0 Å². The SMILES string of the molecule is c1ccc2oc(N3CCC(NCCSc4cn[nH]n4)CC3)nc2c1. The number of oxazole rings is 1. The molecular formula is C16H20N6OS. The number of aromatic nitrogens is 4. The number of hydrogen-bond donors (Lipinski definition) is 2. The highest BCUT2D eigenvalue weighted by Crippen LogP contribution is 2.24. The van der Waals surface area contributed by atoms with E-state index in [0.717, 1.165) is 60.4 Å². The van der Waals surface area contributed by atoms with Gasteiger partial charge in [0.05, 0.1) is 6.20 Å². The molecule has 1 aromatic carbocycles. The number of nitrogens with zero attached hydrogens (tertiary/aromatic N) is 4. The lowest BCUT2D eigenvalue weighted by Crippen LogP contribution is -2.43. The monoisotopic (exact) mass is 344 g/mol. The van der Waals surface area contributed by atoms with Crippen LogP contribution in [0.2, 0.25) is 0 Å². The van der Waals surface area contributed by atoms with Gasteiger partial charge in [0.15, 0.2) is 5.58 Å². The molecule has 0 bridgehead atoms. The van der Waals surface area contributed by atoms with Crippen molar-refractivity contribution in [2.75, 3.05) is 30.3 Å². The third kappa shape index (κ3) is 3.54. The van der Waals surface area contributed by atoms with E-state index < -0.39 is 0 Å². The molecule has 3 heterocycles. The van der Waals surface area contributed by atoms with E-state index in [1.54, 1.807) is 18.0 Å². The average molecular weight is 344 g/mol. The molecule has 1 aliphatic heterocycles. The number of piperidine rings is 1. The fourth-order valence-corrected chi connectivity index (χ4v) is 3.61. The minimum absolute atomic E-state index is 0.559. The van der Waals surface area contributed by atoms with Crippen LogP contribution in [0.3, 0.4) is 0 Å². The van der Waals surface area contributed by atoms with Crippen LogP contribution in [-0.4, -0.2) is 51.8 Å². The summed E-state index contributed by atoms with van der Waals surface area (Å²) in [5.74, 6) is 0.998. The highest BCUT2D eigenvalue weighted by Gasteiger charge is 2.22. The Morgan fingerprint density at radius 2 is 2.17 bits per heavy atom. The molecule has 2 N–H and O–H groups in total. The van der Waals surface area contributed by atoms with Gasteiger partial charge in [0, 0.05) is 31.4 Å². The molecule has 2 aromatic heterocycles. The molecule has 0 radical (unpaired) electrons. The van der Waals surface area contributed by atoms with Crippen LogP contribution >= 0.6 is 11.8 Å². The maximum atomic E-state index is 5.86. The first kappa shape index (κ1) is 15.5. The standard InChI is InChI=1S/C16H20N6OS/c1-2-4-14-13(3-1)19-16(23-14)22-8-5-12(6-9-22)17-7-10-24-15-11-18-21-20-15/h1-4,11-12,17H,5-10H2,(H,18,20,21). The summed E-state index contributed by atoms with van der Waals surface area (Å²) in [7, 11) is 0. The van der Waals surface area contributed by atoms with Crippen molar-refractivity contribution in [2.45, 2.75) is 23.9 Å². The first-order valence-electron chi connectivity index (χ1n) is 8.21. The van der Waals surface area contributed by atoms with Gasteiger partial charge in [-0.1, -0.05) is 12.1 Å². The van der Waals surface area contributed by atoms with Crippen LogP contribution in [0.1, 0.15) is 12.8 Å². The maximum absolute atomic E-state index is 5.86. The number of benzene rings is 1. The summed E-state index contributed by atoms with van der Waals surface area (Å²) in [5.41, 5.74) is 1.79. The lowest BCUT2D eigenvalue weighted by molar-refractivity contribution is 0.409. The van der Waals surface area contributed by atoms with Gasteiger partial charge in [-0.05, 0) is 25.0 Å². The van der Waals surface area contributed by atoms with Gasteiger partial charge >= 0.3 is 0 Å². The molecule has 126 valence electrons. The number of anilines is 1. The van der Waals surface area contributed by atoms with Gasteiger partial charge in [-0.2, -0.15) is 15.3 Å². The van der Waals surface area contributed by atoms with Gasteiger partial charge in [-0.15, -0.1) is 16.9 Å². The number of aromatic amines is 1. The van der Waals surface area contributed by atoms with Gasteiger partial charge in [0.25, 0.3) is 6.01 Å². The summed E-state index contributed by atoms with van der Waals surface area (Å²) in [6.45, 7) is 2.92. The Balaban J connectivity index is 1.23. The van der Waals surface area contributed by atoms with Crippen molar-refractivity contribution >= 4 is 28.9 Å². The molecule has 3 aromatic rings. The number of fused-ring (bicyclic) bond motifs is 1. The summed E-state index contributed by atoms with van der Waals surface area (Å²) in [5, 5.41) is 15.0. The van der Waals surface area contributed by atoms with Crippen molar-refractivity contribution in [3.63, 3.8) is 0 Å². The number of hydrogen-bond acceptors (Lipinski definition) is 7. The minimum Gasteiger partial charge on any atom is -0.423 e. The highest BCUT2D eigenvalue weighted by atomic mass is 32.2. The molecule has 8 heteroatoms. The number of nitrogens with one attached hydrogen (secondary N) is 2. The number of thioether (sulfide) groups is 1. The number of para-hydroxylation sites is 2. The Morgan fingerprint density at radius 1 is 1.29 bits per heavy atom. The molecule has 0 spiro atoms. The van der Waals surface area contributed by atoms with Crippen LogP contribution in [-0.2, 0) is 0 Å². The Kier molecular flexibility index (Phi) is 4.66. The van der Waals surface area contributed by atoms with E-state index in [4.69, 9.17) is 4.42 Å². The van der Waals surface area contributed by atoms with Gasteiger partial charge < -0.3 is 14.6 Å². The molecule has 1 fully saturated rings. The smallest absolute Gasteiger partial charge is 0.298 e. The lowest BCUT2D eigenvalue weighted by Gasteiger charge is -2.31. The third-order valence-electron chi connectivity index (χ3n) is 4.23. The van der Waals surface area contributed by atoms with Crippen LogP contribution < -0.4 is 10.2 Å². The minimum atomic E-state index is 0.559. The number of rotatable bonds is 6. The molecule has 0 aliphatic carbocycles. The Hall–Kier alpha value is -2.06. The van der Waals surface area contributed by atoms with E-state index in [1.165, 1.54) is 0 Å². The second-order valence-corrected chi connectivity index (χ2v) is 6.95. The summed E-state index contributed by atoms with van der Waals surface area (Å²) in [6, 6.07) is 9.22. The maximum Gasteiger partial charge on any atom is 0.298 e. The van der Waals surface area contributed by atoms with Gasteiger partial charge in [0.2, 0.25) is 0 Å². The lowest BCUT2D eigenvalue weighted by atomic mass is 10.1. The Labute approximate surface area is 144 Å². The van der Waals surface area contributed by atoms with Crippen molar-refractivity contribution in [3.8, 4) is 0 Å². The molecule has 1 aliphatic rings. The summed E-state index contributed by atoms with van der Waals surface area (Å²) in [6.07, 6.45) is 3.96. The van der Waals surface area contributed by atoms with Crippen molar-refractivity contribution in [1.29, 1.82) is 0 Å². The van der Waals surface area contributed by atoms with E-state index in [1.807, 2.05) is 24.3 Å². The summed E-state index contributed by atoms with van der Waals surface area (Å²) < 4.78 is 5.86. The van der Waals surface area contributed by atoms with Gasteiger partial charge in [-0.3, -0.25) is 0 Å². The highest BCUT2D eigenvalue weighted by molar-refractivity contribution is 7.99. The Morgan fingerprint density at radius 3 is 2.96 bits per heavy atom. The molecule has 0 saturated carbocycles. The molecule has 7 nitrogen and oxygen atoms in total. The molecular weight excluding hydrogens is 324 g/mol. The van der Waals surface area contributed by atoms with Crippen molar-refractivity contribution in [3.05, 3.63) is 30.5 Å². The summed E-state index contributed by atoms with van der Waals surface area (Å²) >= 11 is 1.71. The van der Waals surface area contributed by atoms with Gasteiger partial charge in [-0.25, -0.2) is 0 Å². The largest absolute Gasteiger partial charge is 0.423 e. The fraction of sp³-hybridized carbons (Fsp3) is 0.438. The summed E-state index contributed by atoms with van der Waals surface area (Å²) in [4.78, 5) is 6.82. The molecule has 0 amide bonds. The zero-order chi connectivity index (χ0) is 16.2. The molecule has 0 unspecified atom stereocenters. The average Bonchev–Trinajstić information content (AvgIpc) is 3.28. The predicted molar refractivity (Wildman–Crippen MR) is 94.4 cm³/mol. The van der Waals surface area contributed by atoms with Crippen LogP contribution in [0.5, 0.6) is 0 Å². The van der Waals surface area contributed by atoms with Crippen LogP contribution in [0.25, 0.3) is 11.1 Å². The second-order valence-electron chi connectivity index (χ2n) is 5.84. The zero-order valence-electron chi connectivity index (χ0n) is 13.3. The molecule has 24 heavy (non-hydrogen) atoms. The first-order valence-corrected chi connectivity index (χ1v) is 9.19. The topological polar surface area (TPSA) is 82.9 Å². The van der Waals surface area contributed by atoms with Crippen molar-refractivity contribution in [1.82, 2.24) is 25.7 Å². The van der Waals surface area contributed by atoms with E-state index in [0.29, 0.717) is 6.04 Å². The first-order chi connectivity index (χ1) is 11.9. The fourth-order valence-electron chi connectivity index (χ4n) is 2.95. The van der Waals surface area contributed by atoms with Crippen LogP contribution in [0.4, 0.5) is 6.01 Å². The van der Waals surface area contributed by atoms with Crippen molar-refractivity contribution < 1.29 is 4.42 Å². The molecule has 0 atom stereocenters. The van der Waals surface area contributed by atoms with E-state index in [-0.39, 0.29) is 0 Å². The van der Waals surface area contributed by atoms with Gasteiger partial charge in [0.1, 0.15) is 10.5 Å². The quantitative estimate of drug-likeness (QED) is 0.524. The second kappa shape index (κ2) is 7.23. The Bertz CT molecular complexity index is 733. The zero-order valence-corrected chi connectivity index (χ0v) is 14.1. The van der Waals surface area contributed by atoms with E-state index in [9.17, 15) is 0 Å². The predicted octanol–water partition coefficient (Wildman–Crippen LogP) is 2.30.